The first-order chi connectivity index (χ1) is 7.51. The van der Waals surface area contributed by atoms with Gasteiger partial charge in [-0.1, -0.05) is 0 Å². The summed E-state index contributed by atoms with van der Waals surface area (Å²) in [5.74, 6) is -0.974. The molecule has 1 rings (SSSR count). The molecular formula is C8H14FNO5S. The molecule has 5 N–H and O–H groups in total. The third-order valence-electron chi connectivity index (χ3n) is 2.35. The fourth-order valence-corrected chi connectivity index (χ4v) is 2.64. The Morgan fingerprint density at radius 2 is 1.94 bits per heavy atom. The van der Waals surface area contributed by atoms with Crippen LogP contribution >= 0.6 is 11.8 Å². The van der Waals surface area contributed by atoms with E-state index in [1.165, 1.54) is 0 Å². The van der Waals surface area contributed by atoms with Crippen molar-refractivity contribution >= 4 is 17.7 Å². The van der Waals surface area contributed by atoms with Gasteiger partial charge in [0.2, 0.25) is 0 Å². The number of halogens is 1. The van der Waals surface area contributed by atoms with Crippen LogP contribution in [0.25, 0.3) is 0 Å². The van der Waals surface area contributed by atoms with E-state index in [4.69, 9.17) is 5.11 Å². The molecule has 0 saturated carbocycles. The lowest BCUT2D eigenvalue weighted by atomic mass is 10.0. The third-order valence-corrected chi connectivity index (χ3v) is 3.70. The van der Waals surface area contributed by atoms with E-state index in [1.807, 2.05) is 0 Å². The van der Waals surface area contributed by atoms with Crippen molar-refractivity contribution in [2.75, 3.05) is 13.3 Å². The maximum atomic E-state index is 12.0. The van der Waals surface area contributed by atoms with Gasteiger partial charge in [-0.15, -0.1) is 11.8 Å². The van der Waals surface area contributed by atoms with Gasteiger partial charge in [0.25, 0.3) is 5.91 Å². The Hall–Kier alpha value is -0.410. The van der Waals surface area contributed by atoms with Crippen molar-refractivity contribution in [3.8, 4) is 0 Å². The van der Waals surface area contributed by atoms with E-state index in [2.05, 4.69) is 5.32 Å². The minimum absolute atomic E-state index is 0.413. The number of carbonyl (C=O) groups is 1. The number of nitrogens with one attached hydrogen (secondary N) is 1. The minimum atomic E-state index is -1.44. The molecule has 8 heteroatoms. The Morgan fingerprint density at radius 1 is 1.31 bits per heavy atom. The molecule has 0 aliphatic carbocycles. The zero-order chi connectivity index (χ0) is 12.3. The maximum Gasteiger partial charge on any atom is 0.251 e. The predicted molar refractivity (Wildman–Crippen MR) is 54.4 cm³/mol. The highest BCUT2D eigenvalue weighted by atomic mass is 32.2. The fourth-order valence-electron chi connectivity index (χ4n) is 1.48. The molecule has 0 aromatic rings. The number of thioether (sulfide) groups is 1. The van der Waals surface area contributed by atoms with E-state index in [0.717, 1.165) is 11.8 Å². The number of carbonyl (C=O) groups excluding carboxylic acids is 1. The first-order valence-electron chi connectivity index (χ1n) is 4.67. The summed E-state index contributed by atoms with van der Waals surface area (Å²) in [5.41, 5.74) is -1.20. The second-order valence-corrected chi connectivity index (χ2v) is 4.82. The molecule has 5 atom stereocenters. The van der Waals surface area contributed by atoms with Gasteiger partial charge in [-0.25, -0.2) is 4.39 Å². The average molecular weight is 255 g/mol. The number of hydrogen-bond donors (Lipinski definition) is 5. The summed E-state index contributed by atoms with van der Waals surface area (Å²) in [5, 5.41) is 38.8. The van der Waals surface area contributed by atoms with E-state index in [-0.39, 0.29) is 0 Å². The molecule has 1 fully saturated rings. The quantitative estimate of drug-likeness (QED) is 0.384. The molecule has 1 aliphatic rings. The molecular weight excluding hydrogens is 241 g/mol. The van der Waals surface area contributed by atoms with Crippen LogP contribution in [0.5, 0.6) is 0 Å². The number of aliphatic hydroxyl groups is 4. The van der Waals surface area contributed by atoms with Crippen molar-refractivity contribution < 1.29 is 29.6 Å². The van der Waals surface area contributed by atoms with Crippen molar-refractivity contribution in [3.63, 3.8) is 0 Å². The SMILES string of the molecule is O=C(CF)NC1C(O)SC(CO)[C@@H](O)C1O. The zero-order valence-corrected chi connectivity index (χ0v) is 9.10. The lowest BCUT2D eigenvalue weighted by Gasteiger charge is -2.39. The van der Waals surface area contributed by atoms with Gasteiger partial charge in [-0.05, 0) is 0 Å². The number of hydrogen-bond acceptors (Lipinski definition) is 6. The van der Waals surface area contributed by atoms with Gasteiger partial charge in [0, 0.05) is 0 Å². The molecule has 1 amide bonds. The molecule has 0 aromatic heterocycles. The second kappa shape index (κ2) is 5.78. The topological polar surface area (TPSA) is 110 Å². The lowest BCUT2D eigenvalue weighted by Crippen LogP contribution is -2.60. The highest BCUT2D eigenvalue weighted by Gasteiger charge is 2.43. The Kier molecular flexibility index (Phi) is 4.93. The van der Waals surface area contributed by atoms with Gasteiger partial charge < -0.3 is 25.7 Å². The van der Waals surface area contributed by atoms with Crippen molar-refractivity contribution in [1.29, 1.82) is 0 Å². The predicted octanol–water partition coefficient (Wildman–Crippen LogP) is -2.41. The molecule has 4 unspecified atom stereocenters. The van der Waals surface area contributed by atoms with Crippen LogP contribution in [0.1, 0.15) is 0 Å². The summed E-state index contributed by atoms with van der Waals surface area (Å²) in [7, 11) is 0. The van der Waals surface area contributed by atoms with Crippen LogP contribution in [0.4, 0.5) is 4.39 Å². The van der Waals surface area contributed by atoms with Crippen molar-refractivity contribution in [1.82, 2.24) is 5.32 Å². The van der Waals surface area contributed by atoms with E-state index in [0.29, 0.717) is 0 Å². The second-order valence-electron chi connectivity index (χ2n) is 3.46. The van der Waals surface area contributed by atoms with E-state index >= 15 is 0 Å². The number of aliphatic hydroxyl groups excluding tert-OH is 4. The summed E-state index contributed by atoms with van der Waals surface area (Å²) in [6.45, 7) is -1.68. The summed E-state index contributed by atoms with van der Waals surface area (Å²) >= 11 is 0.817. The van der Waals surface area contributed by atoms with Crippen LogP contribution in [0, 0.1) is 0 Å². The van der Waals surface area contributed by atoms with Crippen LogP contribution in [-0.2, 0) is 4.79 Å². The van der Waals surface area contributed by atoms with Gasteiger partial charge in [-0.2, -0.15) is 0 Å². The smallest absolute Gasteiger partial charge is 0.251 e. The molecule has 1 aliphatic heterocycles. The Balaban J connectivity index is 2.67. The van der Waals surface area contributed by atoms with Gasteiger partial charge in [0.15, 0.2) is 6.67 Å². The standard InChI is InChI=1S/C8H14FNO5S/c9-1-4(12)10-5-7(14)6(13)3(2-11)16-8(5)15/h3,5-8,11,13-15H,1-2H2,(H,10,12)/t3?,5?,6-,7?,8?/m1/s1. The zero-order valence-electron chi connectivity index (χ0n) is 8.28. The highest BCUT2D eigenvalue weighted by molar-refractivity contribution is 8.00. The Labute approximate surface area is 95.5 Å². The van der Waals surface area contributed by atoms with Crippen LogP contribution in [-0.4, -0.2) is 68.6 Å². The Morgan fingerprint density at radius 3 is 2.44 bits per heavy atom. The van der Waals surface area contributed by atoms with Crippen LogP contribution in [0.2, 0.25) is 0 Å². The maximum absolute atomic E-state index is 12.0. The first kappa shape index (κ1) is 13.7. The summed E-state index contributed by atoms with van der Waals surface area (Å²) in [6, 6.07) is -1.15. The fraction of sp³-hybridized carbons (Fsp3) is 0.875. The first-order valence-corrected chi connectivity index (χ1v) is 5.61. The van der Waals surface area contributed by atoms with Gasteiger partial charge in [0.1, 0.15) is 11.5 Å². The van der Waals surface area contributed by atoms with Crippen LogP contribution in [0.3, 0.4) is 0 Å². The van der Waals surface area contributed by atoms with Gasteiger partial charge >= 0.3 is 0 Å². The van der Waals surface area contributed by atoms with Crippen LogP contribution < -0.4 is 5.32 Å². The molecule has 0 bridgehead atoms. The van der Waals surface area contributed by atoms with E-state index in [1.54, 1.807) is 0 Å². The van der Waals surface area contributed by atoms with Gasteiger partial charge in [0.05, 0.1) is 24.0 Å². The van der Waals surface area contributed by atoms with Crippen molar-refractivity contribution in [2.24, 2.45) is 0 Å². The minimum Gasteiger partial charge on any atom is -0.395 e. The summed E-state index contributed by atoms with van der Waals surface area (Å²) < 4.78 is 12.0. The largest absolute Gasteiger partial charge is 0.395 e. The van der Waals surface area contributed by atoms with Crippen LogP contribution in [0.15, 0.2) is 0 Å². The molecule has 16 heavy (non-hydrogen) atoms. The average Bonchev–Trinajstić information content (AvgIpc) is 2.28. The summed E-state index contributed by atoms with van der Waals surface area (Å²) in [6.07, 6.45) is -2.73. The molecule has 0 aromatic carbocycles. The highest BCUT2D eigenvalue weighted by Crippen LogP contribution is 2.31. The molecule has 0 spiro atoms. The molecule has 1 heterocycles. The number of rotatable bonds is 3. The number of alkyl halides is 1. The van der Waals surface area contributed by atoms with Gasteiger partial charge in [-0.3, -0.25) is 4.79 Å². The van der Waals surface area contributed by atoms with E-state index < -0.39 is 48.1 Å². The molecule has 6 nitrogen and oxygen atoms in total. The summed E-state index contributed by atoms with van der Waals surface area (Å²) in [4.78, 5) is 10.8. The molecule has 94 valence electrons. The number of amides is 1. The van der Waals surface area contributed by atoms with E-state index in [9.17, 15) is 24.5 Å². The molecule has 1 saturated heterocycles. The lowest BCUT2D eigenvalue weighted by molar-refractivity contribution is -0.125. The van der Waals surface area contributed by atoms with Crippen molar-refractivity contribution in [3.05, 3.63) is 0 Å². The third kappa shape index (κ3) is 2.83. The normalized spacial score (nSPS) is 39.4. The Bertz CT molecular complexity index is 257. The van der Waals surface area contributed by atoms with Crippen molar-refractivity contribution in [2.45, 2.75) is 28.9 Å². The monoisotopic (exact) mass is 255 g/mol. The molecule has 0 radical (unpaired) electrons.